The average molecular weight is 400 g/mol. The fourth-order valence-electron chi connectivity index (χ4n) is 3.70. The lowest BCUT2D eigenvalue weighted by Crippen LogP contribution is -3.15. The third-order valence-corrected chi connectivity index (χ3v) is 5.38. The minimum Gasteiger partial charge on any atom is -0.508 e. The number of piperazine rings is 1. The molecule has 2 aromatic rings. The number of aromatic hydroxyl groups is 1. The van der Waals surface area contributed by atoms with Crippen molar-refractivity contribution in [1.29, 1.82) is 0 Å². The van der Waals surface area contributed by atoms with Crippen molar-refractivity contribution >= 4 is 11.6 Å². The van der Waals surface area contributed by atoms with Crippen LogP contribution in [-0.2, 0) is 4.79 Å². The summed E-state index contributed by atoms with van der Waals surface area (Å²) in [4.78, 5) is 16.1. The zero-order valence-corrected chi connectivity index (χ0v) is 17.3. The SMILES string of the molecule is COc1ccc(OC)c([C@H](C)NC(=O)C[NH+]2CCN(c3ccc(O)cc3)CC2)c1. The Morgan fingerprint density at radius 2 is 1.83 bits per heavy atom. The van der Waals surface area contributed by atoms with Crippen molar-refractivity contribution < 1.29 is 24.3 Å². The highest BCUT2D eigenvalue weighted by Crippen LogP contribution is 2.29. The number of phenols is 1. The Morgan fingerprint density at radius 1 is 1.14 bits per heavy atom. The number of carbonyl (C=O) groups is 1. The predicted octanol–water partition coefficient (Wildman–Crippen LogP) is 0.992. The molecule has 0 saturated carbocycles. The number of carbonyl (C=O) groups excluding carboxylic acids is 1. The van der Waals surface area contributed by atoms with Gasteiger partial charge in [0.05, 0.1) is 46.4 Å². The number of amides is 1. The Kier molecular flexibility index (Phi) is 6.82. The number of nitrogens with zero attached hydrogens (tertiary/aromatic N) is 1. The number of benzene rings is 2. The molecule has 1 heterocycles. The molecule has 3 N–H and O–H groups in total. The van der Waals surface area contributed by atoms with Crippen LogP contribution < -0.4 is 24.6 Å². The molecule has 0 unspecified atom stereocenters. The zero-order chi connectivity index (χ0) is 20.8. The number of ether oxygens (including phenoxy) is 2. The molecule has 0 spiro atoms. The summed E-state index contributed by atoms with van der Waals surface area (Å²) >= 11 is 0. The summed E-state index contributed by atoms with van der Waals surface area (Å²) in [6.07, 6.45) is 0. The molecule has 0 aromatic heterocycles. The Bertz CT molecular complexity index is 817. The molecular weight excluding hydrogens is 370 g/mol. The fraction of sp³-hybridized carbons (Fsp3) is 0.409. The zero-order valence-electron chi connectivity index (χ0n) is 17.3. The summed E-state index contributed by atoms with van der Waals surface area (Å²) in [5.41, 5.74) is 2.00. The summed E-state index contributed by atoms with van der Waals surface area (Å²) in [6, 6.07) is 12.7. The Labute approximate surface area is 171 Å². The Hall–Kier alpha value is -2.93. The monoisotopic (exact) mass is 400 g/mol. The van der Waals surface area contributed by atoms with Gasteiger partial charge in [-0.15, -0.1) is 0 Å². The van der Waals surface area contributed by atoms with Crippen molar-refractivity contribution in [2.45, 2.75) is 13.0 Å². The number of nitrogens with one attached hydrogen (secondary N) is 2. The van der Waals surface area contributed by atoms with Gasteiger partial charge < -0.3 is 29.7 Å². The molecule has 2 aromatic carbocycles. The standard InChI is InChI=1S/C22H29N3O4/c1-16(20-14-19(28-2)8-9-21(20)29-3)23-22(27)15-24-10-12-25(13-11-24)17-4-6-18(26)7-5-17/h4-9,14,16,26H,10-13,15H2,1-3H3,(H,23,27)/p+1/t16-/m0/s1. The molecule has 7 nitrogen and oxygen atoms in total. The van der Waals surface area contributed by atoms with E-state index >= 15 is 0 Å². The van der Waals surface area contributed by atoms with Gasteiger partial charge in [0.1, 0.15) is 17.2 Å². The van der Waals surface area contributed by atoms with Gasteiger partial charge in [0.25, 0.3) is 5.91 Å². The summed E-state index contributed by atoms with van der Waals surface area (Å²) in [7, 11) is 3.24. The second kappa shape index (κ2) is 9.52. The highest BCUT2D eigenvalue weighted by atomic mass is 16.5. The number of hydrogen-bond acceptors (Lipinski definition) is 5. The molecule has 1 aliphatic rings. The first-order chi connectivity index (χ1) is 14.0. The topological polar surface area (TPSA) is 75.5 Å². The highest BCUT2D eigenvalue weighted by Gasteiger charge is 2.24. The molecule has 0 radical (unpaired) electrons. The predicted molar refractivity (Wildman–Crippen MR) is 112 cm³/mol. The van der Waals surface area contributed by atoms with Crippen molar-refractivity contribution in [2.75, 3.05) is 51.8 Å². The molecule has 0 bridgehead atoms. The Morgan fingerprint density at radius 3 is 2.45 bits per heavy atom. The molecule has 7 heteroatoms. The van der Waals surface area contributed by atoms with Gasteiger partial charge in [-0.1, -0.05) is 0 Å². The van der Waals surface area contributed by atoms with Crippen LogP contribution in [0.3, 0.4) is 0 Å². The first kappa shape index (κ1) is 20.8. The molecule has 0 aliphatic carbocycles. The molecule has 3 rings (SSSR count). The summed E-state index contributed by atoms with van der Waals surface area (Å²) < 4.78 is 10.7. The van der Waals surface area contributed by atoms with Crippen molar-refractivity contribution in [1.82, 2.24) is 5.32 Å². The summed E-state index contributed by atoms with van der Waals surface area (Å²) in [5, 5.41) is 12.5. The van der Waals surface area contributed by atoms with Crippen molar-refractivity contribution in [3.63, 3.8) is 0 Å². The van der Waals surface area contributed by atoms with E-state index in [1.807, 2.05) is 37.3 Å². The smallest absolute Gasteiger partial charge is 0.275 e. The lowest BCUT2D eigenvalue weighted by molar-refractivity contribution is -0.892. The van der Waals surface area contributed by atoms with Crippen LogP contribution in [0.2, 0.25) is 0 Å². The molecule has 156 valence electrons. The van der Waals surface area contributed by atoms with E-state index in [2.05, 4.69) is 10.2 Å². The van der Waals surface area contributed by atoms with Gasteiger partial charge in [-0.2, -0.15) is 0 Å². The number of methoxy groups -OCH3 is 2. The number of hydrogen-bond donors (Lipinski definition) is 3. The quantitative estimate of drug-likeness (QED) is 0.646. The van der Waals surface area contributed by atoms with Gasteiger partial charge >= 0.3 is 0 Å². The number of phenolic OH excluding ortho intramolecular Hbond substituents is 1. The van der Waals surface area contributed by atoms with E-state index in [0.29, 0.717) is 6.54 Å². The number of anilines is 1. The van der Waals surface area contributed by atoms with Crippen molar-refractivity contribution in [3.8, 4) is 17.2 Å². The maximum absolute atomic E-state index is 12.6. The third-order valence-electron chi connectivity index (χ3n) is 5.38. The van der Waals surface area contributed by atoms with Crippen LogP contribution in [0, 0.1) is 0 Å². The van der Waals surface area contributed by atoms with Gasteiger partial charge in [0.15, 0.2) is 6.54 Å². The van der Waals surface area contributed by atoms with Crippen LogP contribution in [0.15, 0.2) is 42.5 Å². The van der Waals surface area contributed by atoms with E-state index < -0.39 is 0 Å². The largest absolute Gasteiger partial charge is 0.508 e. The van der Waals surface area contributed by atoms with E-state index in [1.165, 1.54) is 4.90 Å². The maximum atomic E-state index is 12.6. The molecule has 29 heavy (non-hydrogen) atoms. The normalized spacial score (nSPS) is 15.6. The summed E-state index contributed by atoms with van der Waals surface area (Å²) in [5.74, 6) is 1.76. The van der Waals surface area contributed by atoms with Crippen LogP contribution in [0.5, 0.6) is 17.2 Å². The minimum absolute atomic E-state index is 0.0236. The van der Waals surface area contributed by atoms with Gasteiger partial charge in [-0.25, -0.2) is 0 Å². The third kappa shape index (κ3) is 5.32. The van der Waals surface area contributed by atoms with E-state index in [4.69, 9.17) is 9.47 Å². The van der Waals surface area contributed by atoms with E-state index in [1.54, 1.807) is 26.4 Å². The van der Waals surface area contributed by atoms with E-state index in [9.17, 15) is 9.90 Å². The maximum Gasteiger partial charge on any atom is 0.275 e. The van der Waals surface area contributed by atoms with E-state index in [0.717, 1.165) is 48.9 Å². The van der Waals surface area contributed by atoms with Gasteiger partial charge in [0.2, 0.25) is 0 Å². The highest BCUT2D eigenvalue weighted by molar-refractivity contribution is 5.77. The van der Waals surface area contributed by atoms with Crippen LogP contribution in [0.4, 0.5) is 5.69 Å². The van der Waals surface area contributed by atoms with Crippen molar-refractivity contribution in [3.05, 3.63) is 48.0 Å². The average Bonchev–Trinajstić information content (AvgIpc) is 2.74. The van der Waals surface area contributed by atoms with Gasteiger partial charge in [0, 0.05) is 11.3 Å². The van der Waals surface area contributed by atoms with Crippen LogP contribution in [-0.4, -0.2) is 58.0 Å². The van der Waals surface area contributed by atoms with Crippen molar-refractivity contribution in [2.24, 2.45) is 0 Å². The minimum atomic E-state index is -0.176. The fourth-order valence-corrected chi connectivity index (χ4v) is 3.70. The van der Waals surface area contributed by atoms with Gasteiger partial charge in [-0.3, -0.25) is 4.79 Å². The number of quaternary nitrogens is 1. The first-order valence-corrected chi connectivity index (χ1v) is 9.89. The lowest BCUT2D eigenvalue weighted by Gasteiger charge is -2.33. The van der Waals surface area contributed by atoms with Crippen LogP contribution >= 0.6 is 0 Å². The second-order valence-electron chi connectivity index (χ2n) is 7.33. The van der Waals surface area contributed by atoms with Crippen LogP contribution in [0.1, 0.15) is 18.5 Å². The van der Waals surface area contributed by atoms with Gasteiger partial charge in [-0.05, 0) is 49.4 Å². The molecule has 1 fully saturated rings. The molecule has 1 aliphatic heterocycles. The lowest BCUT2D eigenvalue weighted by atomic mass is 10.1. The molecule has 1 atom stereocenters. The molecule has 1 saturated heterocycles. The van der Waals surface area contributed by atoms with Crippen LogP contribution in [0.25, 0.3) is 0 Å². The molecular formula is C22H30N3O4+. The second-order valence-corrected chi connectivity index (χ2v) is 7.33. The Balaban J connectivity index is 1.52. The number of rotatable bonds is 7. The summed E-state index contributed by atoms with van der Waals surface area (Å²) in [6.45, 7) is 5.95. The van der Waals surface area contributed by atoms with E-state index in [-0.39, 0.29) is 17.7 Å². The first-order valence-electron chi connectivity index (χ1n) is 9.89. The molecule has 1 amide bonds.